The fourth-order valence-corrected chi connectivity index (χ4v) is 4.04. The van der Waals surface area contributed by atoms with E-state index in [0.29, 0.717) is 12.1 Å². The van der Waals surface area contributed by atoms with Gasteiger partial charge >= 0.3 is 0 Å². The van der Waals surface area contributed by atoms with Crippen molar-refractivity contribution in [2.75, 3.05) is 6.54 Å². The highest BCUT2D eigenvalue weighted by molar-refractivity contribution is 5.86. The van der Waals surface area contributed by atoms with Crippen LogP contribution in [0.1, 0.15) is 73.1 Å². The fourth-order valence-electron chi connectivity index (χ4n) is 4.04. The van der Waals surface area contributed by atoms with Crippen LogP contribution in [0.25, 0.3) is 0 Å². The second-order valence-electron chi connectivity index (χ2n) is 7.64. The number of hydrogen-bond acceptors (Lipinski definition) is 1. The summed E-state index contributed by atoms with van der Waals surface area (Å²) in [6, 6.07) is 1.02. The predicted molar refractivity (Wildman–Crippen MR) is 88.3 cm³/mol. The standard InChI is InChI=1S/C18H34N2/c1-13(2)19-18-17-8-6-7-15(5)9-10-16(17)11-12-20(18)14(3)4/h13-17H,6-12H2,1-5H3. The van der Waals surface area contributed by atoms with Gasteiger partial charge in [0, 0.05) is 24.5 Å². The van der Waals surface area contributed by atoms with Gasteiger partial charge < -0.3 is 4.90 Å². The summed E-state index contributed by atoms with van der Waals surface area (Å²) >= 11 is 0. The van der Waals surface area contributed by atoms with E-state index in [-0.39, 0.29) is 0 Å². The van der Waals surface area contributed by atoms with Crippen molar-refractivity contribution in [3.63, 3.8) is 0 Å². The van der Waals surface area contributed by atoms with E-state index in [4.69, 9.17) is 4.99 Å². The van der Waals surface area contributed by atoms with Crippen LogP contribution in [-0.4, -0.2) is 29.4 Å². The maximum atomic E-state index is 5.06. The van der Waals surface area contributed by atoms with Gasteiger partial charge in [-0.1, -0.05) is 26.2 Å². The summed E-state index contributed by atoms with van der Waals surface area (Å²) in [5.41, 5.74) is 0. The molecule has 0 radical (unpaired) electrons. The zero-order valence-electron chi connectivity index (χ0n) is 14.2. The Balaban J connectivity index is 2.20. The summed E-state index contributed by atoms with van der Waals surface area (Å²) in [4.78, 5) is 7.65. The molecular formula is C18H34N2. The molecule has 2 aliphatic rings. The Bertz CT molecular complexity index is 332. The van der Waals surface area contributed by atoms with Crippen LogP contribution in [0.15, 0.2) is 4.99 Å². The van der Waals surface area contributed by atoms with E-state index in [1.807, 2.05) is 0 Å². The number of piperidine rings is 1. The van der Waals surface area contributed by atoms with Gasteiger partial charge in [-0.05, 0) is 58.8 Å². The van der Waals surface area contributed by atoms with Gasteiger partial charge in [-0.2, -0.15) is 0 Å². The highest BCUT2D eigenvalue weighted by Crippen LogP contribution is 2.37. The molecule has 0 N–H and O–H groups in total. The third-order valence-electron chi connectivity index (χ3n) is 5.19. The number of nitrogens with zero attached hydrogens (tertiary/aromatic N) is 2. The summed E-state index contributed by atoms with van der Waals surface area (Å²) in [5, 5.41) is 0. The second kappa shape index (κ2) is 6.95. The van der Waals surface area contributed by atoms with E-state index in [0.717, 1.165) is 17.8 Å². The van der Waals surface area contributed by atoms with Gasteiger partial charge in [0.15, 0.2) is 0 Å². The number of rotatable bonds is 2. The number of hydrogen-bond donors (Lipinski definition) is 0. The molecule has 3 unspecified atom stereocenters. The molecule has 116 valence electrons. The summed E-state index contributed by atoms with van der Waals surface area (Å²) in [5.74, 6) is 4.01. The molecule has 20 heavy (non-hydrogen) atoms. The Labute approximate surface area is 126 Å². The SMILES string of the molecule is CC1CCCC2C(=NC(C)C)N(C(C)C)CCC2CC1. The molecule has 0 aromatic rings. The van der Waals surface area contributed by atoms with Crippen LogP contribution in [-0.2, 0) is 0 Å². The summed E-state index contributed by atoms with van der Waals surface area (Å²) in [6.07, 6.45) is 8.41. The van der Waals surface area contributed by atoms with Crippen molar-refractivity contribution in [1.82, 2.24) is 4.90 Å². The Morgan fingerprint density at radius 2 is 1.75 bits per heavy atom. The van der Waals surface area contributed by atoms with Gasteiger partial charge in [0.1, 0.15) is 5.84 Å². The van der Waals surface area contributed by atoms with E-state index >= 15 is 0 Å². The van der Waals surface area contributed by atoms with Crippen LogP contribution >= 0.6 is 0 Å². The molecule has 1 aliphatic carbocycles. The van der Waals surface area contributed by atoms with Gasteiger partial charge in [0.05, 0.1) is 0 Å². The van der Waals surface area contributed by atoms with Gasteiger partial charge in [0.25, 0.3) is 0 Å². The molecule has 2 heteroatoms. The van der Waals surface area contributed by atoms with Gasteiger partial charge in [-0.25, -0.2) is 0 Å². The molecule has 1 saturated carbocycles. The van der Waals surface area contributed by atoms with Gasteiger partial charge in [-0.3, -0.25) is 4.99 Å². The smallest absolute Gasteiger partial charge is 0.103 e. The average molecular weight is 278 g/mol. The van der Waals surface area contributed by atoms with Crippen molar-refractivity contribution < 1.29 is 0 Å². The first-order chi connectivity index (χ1) is 9.49. The summed E-state index contributed by atoms with van der Waals surface area (Å²) in [7, 11) is 0. The number of amidine groups is 1. The number of likely N-dealkylation sites (tertiary alicyclic amines) is 1. The topological polar surface area (TPSA) is 15.6 Å². The highest BCUT2D eigenvalue weighted by Gasteiger charge is 2.36. The predicted octanol–water partition coefficient (Wildman–Crippen LogP) is 4.74. The van der Waals surface area contributed by atoms with Gasteiger partial charge in [-0.15, -0.1) is 0 Å². The Morgan fingerprint density at radius 3 is 2.40 bits per heavy atom. The molecule has 0 amide bonds. The van der Waals surface area contributed by atoms with Crippen molar-refractivity contribution in [2.45, 2.75) is 85.2 Å². The number of fused-ring (bicyclic) bond motifs is 1. The molecular weight excluding hydrogens is 244 g/mol. The lowest BCUT2D eigenvalue weighted by atomic mass is 9.74. The third kappa shape index (κ3) is 3.77. The van der Waals surface area contributed by atoms with Crippen LogP contribution in [0.5, 0.6) is 0 Å². The average Bonchev–Trinajstić information content (AvgIpc) is 2.34. The van der Waals surface area contributed by atoms with Crippen molar-refractivity contribution in [2.24, 2.45) is 22.7 Å². The van der Waals surface area contributed by atoms with Crippen LogP contribution in [0, 0.1) is 17.8 Å². The molecule has 1 aliphatic heterocycles. The van der Waals surface area contributed by atoms with Gasteiger partial charge in [0.2, 0.25) is 0 Å². The minimum Gasteiger partial charge on any atom is -0.358 e. The summed E-state index contributed by atoms with van der Waals surface area (Å²) < 4.78 is 0. The van der Waals surface area contributed by atoms with Crippen LogP contribution in [0.4, 0.5) is 0 Å². The maximum Gasteiger partial charge on any atom is 0.103 e. The minimum atomic E-state index is 0.425. The molecule has 3 atom stereocenters. The Morgan fingerprint density at radius 1 is 1.00 bits per heavy atom. The van der Waals surface area contributed by atoms with Crippen molar-refractivity contribution in [3.8, 4) is 0 Å². The van der Waals surface area contributed by atoms with Crippen molar-refractivity contribution in [1.29, 1.82) is 0 Å². The quantitative estimate of drug-likeness (QED) is 0.712. The molecule has 2 rings (SSSR count). The Hall–Kier alpha value is -0.530. The molecule has 2 fully saturated rings. The van der Waals surface area contributed by atoms with Crippen LogP contribution < -0.4 is 0 Å². The molecule has 0 bridgehead atoms. The van der Waals surface area contributed by atoms with Crippen molar-refractivity contribution in [3.05, 3.63) is 0 Å². The Kier molecular flexibility index (Phi) is 5.51. The third-order valence-corrected chi connectivity index (χ3v) is 5.19. The van der Waals surface area contributed by atoms with E-state index in [1.165, 1.54) is 50.9 Å². The van der Waals surface area contributed by atoms with E-state index in [2.05, 4.69) is 39.5 Å². The lowest BCUT2D eigenvalue weighted by Gasteiger charge is -2.44. The monoisotopic (exact) mass is 278 g/mol. The first kappa shape index (κ1) is 15.9. The van der Waals surface area contributed by atoms with E-state index in [1.54, 1.807) is 0 Å². The van der Waals surface area contributed by atoms with Crippen molar-refractivity contribution >= 4 is 5.84 Å². The second-order valence-corrected chi connectivity index (χ2v) is 7.64. The largest absolute Gasteiger partial charge is 0.358 e. The lowest BCUT2D eigenvalue weighted by molar-refractivity contribution is 0.185. The van der Waals surface area contributed by atoms with E-state index in [9.17, 15) is 0 Å². The first-order valence-electron chi connectivity index (χ1n) is 8.83. The van der Waals surface area contributed by atoms with E-state index < -0.39 is 0 Å². The highest BCUT2D eigenvalue weighted by atomic mass is 15.2. The fraction of sp³-hybridized carbons (Fsp3) is 0.944. The van der Waals surface area contributed by atoms with Crippen LogP contribution in [0.2, 0.25) is 0 Å². The molecule has 2 nitrogen and oxygen atoms in total. The summed E-state index contributed by atoms with van der Waals surface area (Å²) in [6.45, 7) is 12.7. The minimum absolute atomic E-state index is 0.425. The van der Waals surface area contributed by atoms with Crippen LogP contribution in [0.3, 0.4) is 0 Å². The zero-order chi connectivity index (χ0) is 14.7. The molecule has 0 aromatic heterocycles. The lowest BCUT2D eigenvalue weighted by Crippen LogP contribution is -2.49. The molecule has 0 spiro atoms. The molecule has 1 saturated heterocycles. The normalized spacial score (nSPS) is 34.2. The maximum absolute atomic E-state index is 5.06. The zero-order valence-corrected chi connectivity index (χ0v) is 14.2. The number of aliphatic imine (C=N–C) groups is 1. The molecule has 0 aromatic carbocycles. The first-order valence-corrected chi connectivity index (χ1v) is 8.83. The molecule has 1 heterocycles.